The van der Waals surface area contributed by atoms with Crippen LogP contribution in [0.4, 0.5) is 5.69 Å². The Morgan fingerprint density at radius 3 is 2.33 bits per heavy atom. The Morgan fingerprint density at radius 1 is 1.12 bits per heavy atom. The van der Waals surface area contributed by atoms with Gasteiger partial charge >= 0.3 is 5.97 Å². The van der Waals surface area contributed by atoms with Crippen LogP contribution in [0.25, 0.3) is 0 Å². The summed E-state index contributed by atoms with van der Waals surface area (Å²) in [5.41, 5.74) is 1.16. The Bertz CT molecular complexity index is 819. The van der Waals surface area contributed by atoms with Crippen LogP contribution < -0.4 is 4.31 Å². The van der Waals surface area contributed by atoms with Gasteiger partial charge in [-0.3, -0.25) is 9.10 Å². The lowest BCUT2D eigenvalue weighted by Gasteiger charge is -2.24. The van der Waals surface area contributed by atoms with Crippen LogP contribution >= 0.6 is 11.6 Å². The van der Waals surface area contributed by atoms with Crippen LogP contribution in [-0.4, -0.2) is 27.5 Å². The molecule has 2 aromatic rings. The number of carbonyl (C=O) groups is 1. The summed E-state index contributed by atoms with van der Waals surface area (Å²) in [5, 5.41) is 0.234. The number of benzene rings is 2. The van der Waals surface area contributed by atoms with Crippen LogP contribution in [0.3, 0.4) is 0 Å². The molecule has 0 amide bonds. The number of anilines is 1. The van der Waals surface area contributed by atoms with E-state index in [1.54, 1.807) is 43.3 Å². The second-order valence-corrected chi connectivity index (χ2v) is 7.35. The van der Waals surface area contributed by atoms with Gasteiger partial charge in [0.15, 0.2) is 0 Å². The average molecular weight is 368 g/mol. The van der Waals surface area contributed by atoms with Crippen molar-refractivity contribution in [3.8, 4) is 0 Å². The standard InChI is InChI=1S/C17H18ClNO4S/c1-3-23-17(20)12-19(16-7-5-4-6-15(16)18)24(21,22)14-10-8-13(2)9-11-14/h4-11H,3,12H2,1-2H3. The van der Waals surface area contributed by atoms with Crippen molar-refractivity contribution in [1.82, 2.24) is 0 Å². The van der Waals surface area contributed by atoms with Crippen LogP contribution in [0.2, 0.25) is 5.02 Å². The summed E-state index contributed by atoms with van der Waals surface area (Å²) in [6.07, 6.45) is 0. The van der Waals surface area contributed by atoms with E-state index in [2.05, 4.69) is 0 Å². The lowest BCUT2D eigenvalue weighted by atomic mass is 10.2. The fraction of sp³-hybridized carbons (Fsp3) is 0.235. The molecule has 24 heavy (non-hydrogen) atoms. The van der Waals surface area contributed by atoms with E-state index in [0.717, 1.165) is 9.87 Å². The van der Waals surface area contributed by atoms with Gasteiger partial charge in [-0.15, -0.1) is 0 Å². The monoisotopic (exact) mass is 367 g/mol. The summed E-state index contributed by atoms with van der Waals surface area (Å²) >= 11 is 6.14. The van der Waals surface area contributed by atoms with E-state index >= 15 is 0 Å². The lowest BCUT2D eigenvalue weighted by Crippen LogP contribution is -2.36. The highest BCUT2D eigenvalue weighted by atomic mass is 35.5. The highest BCUT2D eigenvalue weighted by Gasteiger charge is 2.29. The van der Waals surface area contributed by atoms with Gasteiger partial charge in [0.2, 0.25) is 0 Å². The topological polar surface area (TPSA) is 63.7 Å². The fourth-order valence-electron chi connectivity index (χ4n) is 2.11. The highest BCUT2D eigenvalue weighted by molar-refractivity contribution is 7.92. The number of rotatable bonds is 6. The molecule has 128 valence electrons. The minimum Gasteiger partial charge on any atom is -0.465 e. The van der Waals surface area contributed by atoms with Gasteiger partial charge < -0.3 is 4.74 Å². The first kappa shape index (κ1) is 18.3. The SMILES string of the molecule is CCOC(=O)CN(c1ccccc1Cl)S(=O)(=O)c1ccc(C)cc1. The van der Waals surface area contributed by atoms with Gasteiger partial charge in [0.05, 0.1) is 22.2 Å². The third-order valence-corrected chi connectivity index (χ3v) is 5.40. The minimum atomic E-state index is -3.96. The zero-order valence-corrected chi connectivity index (χ0v) is 15.0. The number of aryl methyl sites for hydroxylation is 1. The van der Waals surface area contributed by atoms with Gasteiger partial charge in [-0.25, -0.2) is 8.42 Å². The maximum atomic E-state index is 13.0. The predicted octanol–water partition coefficient (Wildman–Crippen LogP) is 3.41. The number of hydrogen-bond acceptors (Lipinski definition) is 4. The molecule has 7 heteroatoms. The zero-order chi connectivity index (χ0) is 17.7. The van der Waals surface area contributed by atoms with Gasteiger partial charge in [-0.2, -0.15) is 0 Å². The van der Waals surface area contributed by atoms with E-state index in [1.807, 2.05) is 6.92 Å². The zero-order valence-electron chi connectivity index (χ0n) is 13.4. The number of carbonyl (C=O) groups excluding carboxylic acids is 1. The van der Waals surface area contributed by atoms with Crippen molar-refractivity contribution in [1.29, 1.82) is 0 Å². The Balaban J connectivity index is 2.50. The van der Waals surface area contributed by atoms with Crippen molar-refractivity contribution < 1.29 is 17.9 Å². The average Bonchev–Trinajstić information content (AvgIpc) is 2.54. The molecule has 0 spiro atoms. The molecule has 0 atom stereocenters. The van der Waals surface area contributed by atoms with Gasteiger partial charge in [-0.05, 0) is 38.1 Å². The van der Waals surface area contributed by atoms with Crippen LogP contribution in [0.15, 0.2) is 53.4 Å². The molecule has 0 saturated carbocycles. The number of para-hydroxylation sites is 1. The fourth-order valence-corrected chi connectivity index (χ4v) is 3.83. The molecule has 0 aromatic heterocycles. The minimum absolute atomic E-state index is 0.0809. The number of ether oxygens (including phenoxy) is 1. The summed E-state index contributed by atoms with van der Waals surface area (Å²) in [6, 6.07) is 12.9. The molecular weight excluding hydrogens is 350 g/mol. The summed E-state index contributed by atoms with van der Waals surface area (Å²) in [5.74, 6) is -0.645. The van der Waals surface area contributed by atoms with Gasteiger partial charge in [0.25, 0.3) is 10.0 Å². The van der Waals surface area contributed by atoms with Crippen molar-refractivity contribution in [2.75, 3.05) is 17.5 Å². The number of sulfonamides is 1. The Morgan fingerprint density at radius 2 is 1.75 bits per heavy atom. The van der Waals surface area contributed by atoms with Crippen molar-refractivity contribution in [2.24, 2.45) is 0 Å². The summed E-state index contributed by atoms with van der Waals surface area (Å²) in [7, 11) is -3.96. The molecule has 0 aliphatic carbocycles. The Hall–Kier alpha value is -2.05. The number of nitrogens with zero attached hydrogens (tertiary/aromatic N) is 1. The first-order chi connectivity index (χ1) is 11.4. The lowest BCUT2D eigenvalue weighted by molar-refractivity contribution is -0.141. The van der Waals surface area contributed by atoms with E-state index < -0.39 is 22.5 Å². The highest BCUT2D eigenvalue weighted by Crippen LogP contribution is 2.30. The van der Waals surface area contributed by atoms with Crippen LogP contribution in [-0.2, 0) is 19.6 Å². The van der Waals surface area contributed by atoms with Crippen LogP contribution in [0.5, 0.6) is 0 Å². The van der Waals surface area contributed by atoms with Crippen molar-refractivity contribution in [3.05, 3.63) is 59.1 Å². The quantitative estimate of drug-likeness (QED) is 0.734. The summed E-state index contributed by atoms with van der Waals surface area (Å²) in [6.45, 7) is 3.24. The molecule has 0 unspecified atom stereocenters. The van der Waals surface area contributed by atoms with Gasteiger partial charge in [0, 0.05) is 0 Å². The molecular formula is C17H18ClNO4S. The third-order valence-electron chi connectivity index (χ3n) is 3.31. The molecule has 0 bridgehead atoms. The smallest absolute Gasteiger partial charge is 0.326 e. The maximum absolute atomic E-state index is 13.0. The van der Waals surface area contributed by atoms with E-state index in [0.29, 0.717) is 0 Å². The van der Waals surface area contributed by atoms with Crippen molar-refractivity contribution >= 4 is 33.3 Å². The second kappa shape index (κ2) is 7.68. The number of hydrogen-bond donors (Lipinski definition) is 0. The van der Waals surface area contributed by atoms with E-state index in [1.165, 1.54) is 12.1 Å². The van der Waals surface area contributed by atoms with E-state index in [-0.39, 0.29) is 22.2 Å². The molecule has 0 N–H and O–H groups in total. The normalized spacial score (nSPS) is 11.1. The van der Waals surface area contributed by atoms with Gasteiger partial charge in [0.1, 0.15) is 6.54 Å². The van der Waals surface area contributed by atoms with Crippen molar-refractivity contribution in [2.45, 2.75) is 18.7 Å². The molecule has 0 aliphatic rings. The third kappa shape index (κ3) is 4.07. The first-order valence-corrected chi connectivity index (χ1v) is 9.17. The molecule has 0 radical (unpaired) electrons. The van der Waals surface area contributed by atoms with E-state index in [4.69, 9.17) is 16.3 Å². The largest absolute Gasteiger partial charge is 0.465 e. The molecule has 0 fully saturated rings. The van der Waals surface area contributed by atoms with E-state index in [9.17, 15) is 13.2 Å². The molecule has 2 aromatic carbocycles. The summed E-state index contributed by atoms with van der Waals surface area (Å²) < 4.78 is 31.9. The van der Waals surface area contributed by atoms with Crippen LogP contribution in [0, 0.1) is 6.92 Å². The molecule has 0 saturated heterocycles. The van der Waals surface area contributed by atoms with Crippen molar-refractivity contribution in [3.63, 3.8) is 0 Å². The number of esters is 1. The Kier molecular flexibility index (Phi) is 5.85. The molecule has 5 nitrogen and oxygen atoms in total. The predicted molar refractivity (Wildman–Crippen MR) is 93.8 cm³/mol. The molecule has 0 aliphatic heterocycles. The Labute approximate surface area is 146 Å². The van der Waals surface area contributed by atoms with Crippen LogP contribution in [0.1, 0.15) is 12.5 Å². The number of halogens is 1. The van der Waals surface area contributed by atoms with Gasteiger partial charge in [-0.1, -0.05) is 41.4 Å². The first-order valence-electron chi connectivity index (χ1n) is 7.36. The molecule has 2 rings (SSSR count). The second-order valence-electron chi connectivity index (χ2n) is 5.08. The summed E-state index contributed by atoms with van der Waals surface area (Å²) in [4.78, 5) is 12.0. The maximum Gasteiger partial charge on any atom is 0.326 e. The molecule has 0 heterocycles.